The molecule has 2 unspecified atom stereocenters. The van der Waals surface area contributed by atoms with Crippen molar-refractivity contribution in [3.8, 4) is 5.75 Å². The molecule has 1 aliphatic heterocycles. The van der Waals surface area contributed by atoms with Crippen molar-refractivity contribution in [1.29, 1.82) is 0 Å². The Morgan fingerprint density at radius 1 is 1.10 bits per heavy atom. The monoisotopic (exact) mass is 288 g/mol. The molecule has 1 fully saturated rings. The third-order valence-electron chi connectivity index (χ3n) is 5.30. The Morgan fingerprint density at radius 2 is 1.86 bits per heavy atom. The van der Waals surface area contributed by atoms with Gasteiger partial charge in [0, 0.05) is 6.04 Å². The lowest BCUT2D eigenvalue weighted by Crippen LogP contribution is -2.42. The summed E-state index contributed by atoms with van der Waals surface area (Å²) < 4.78 is 5.78. The highest BCUT2D eigenvalue weighted by atomic mass is 16.5. The van der Waals surface area contributed by atoms with Gasteiger partial charge in [-0.05, 0) is 49.1 Å². The zero-order valence-electron chi connectivity index (χ0n) is 12.9. The van der Waals surface area contributed by atoms with Gasteiger partial charge in [-0.3, -0.25) is 11.3 Å². The number of hydrogen-bond acceptors (Lipinski definition) is 3. The van der Waals surface area contributed by atoms with Gasteiger partial charge >= 0.3 is 0 Å². The number of rotatable bonds is 4. The van der Waals surface area contributed by atoms with E-state index < -0.39 is 0 Å². The van der Waals surface area contributed by atoms with Crippen LogP contribution in [0, 0.1) is 5.92 Å². The Balaban J connectivity index is 1.69. The van der Waals surface area contributed by atoms with E-state index in [9.17, 15) is 0 Å². The fraction of sp³-hybridized carbons (Fsp3) is 0.667. The van der Waals surface area contributed by atoms with Gasteiger partial charge in [0.15, 0.2) is 0 Å². The van der Waals surface area contributed by atoms with E-state index in [0.29, 0.717) is 12.0 Å². The fourth-order valence-electron chi connectivity index (χ4n) is 4.08. The Kier molecular flexibility index (Phi) is 5.15. The molecule has 0 spiro atoms. The zero-order chi connectivity index (χ0) is 14.5. The molecule has 2 atom stereocenters. The average Bonchev–Trinajstić information content (AvgIpc) is 2.82. The van der Waals surface area contributed by atoms with Crippen LogP contribution in [0.5, 0.6) is 5.75 Å². The molecule has 0 bridgehead atoms. The molecule has 1 aromatic carbocycles. The maximum atomic E-state index is 5.91. The normalized spacial score (nSPS) is 24.7. The number of hydrazine groups is 1. The maximum absolute atomic E-state index is 5.91. The van der Waals surface area contributed by atoms with E-state index in [2.05, 4.69) is 29.7 Å². The summed E-state index contributed by atoms with van der Waals surface area (Å²) in [6.07, 6.45) is 10.4. The quantitative estimate of drug-likeness (QED) is 0.504. The minimum Gasteiger partial charge on any atom is -0.493 e. The molecule has 0 radical (unpaired) electrons. The van der Waals surface area contributed by atoms with Crippen molar-refractivity contribution in [2.45, 2.75) is 63.3 Å². The number of ether oxygens (including phenoxy) is 1. The Hall–Kier alpha value is -1.06. The molecule has 3 N–H and O–H groups in total. The third-order valence-corrected chi connectivity index (χ3v) is 5.30. The van der Waals surface area contributed by atoms with E-state index in [4.69, 9.17) is 10.6 Å². The van der Waals surface area contributed by atoms with Crippen molar-refractivity contribution in [1.82, 2.24) is 5.43 Å². The molecule has 2 aliphatic rings. The second-order valence-corrected chi connectivity index (χ2v) is 6.63. The summed E-state index contributed by atoms with van der Waals surface area (Å²) in [6, 6.07) is 8.94. The number of nitrogens with one attached hydrogen (secondary N) is 1. The van der Waals surface area contributed by atoms with Crippen molar-refractivity contribution in [2.75, 3.05) is 6.61 Å². The first-order chi connectivity index (χ1) is 10.4. The van der Waals surface area contributed by atoms with Crippen LogP contribution >= 0.6 is 0 Å². The molecule has 3 heteroatoms. The van der Waals surface area contributed by atoms with Gasteiger partial charge in [0.25, 0.3) is 0 Å². The van der Waals surface area contributed by atoms with Gasteiger partial charge in [-0.2, -0.15) is 0 Å². The highest BCUT2D eigenvalue weighted by Crippen LogP contribution is 2.38. The van der Waals surface area contributed by atoms with E-state index in [1.165, 1.54) is 44.1 Å². The number of benzene rings is 1. The van der Waals surface area contributed by atoms with Crippen LogP contribution in [0.3, 0.4) is 0 Å². The van der Waals surface area contributed by atoms with Gasteiger partial charge in [0.2, 0.25) is 0 Å². The highest BCUT2D eigenvalue weighted by Gasteiger charge is 2.28. The van der Waals surface area contributed by atoms with E-state index in [1.54, 1.807) is 0 Å². The summed E-state index contributed by atoms with van der Waals surface area (Å²) in [4.78, 5) is 0. The minimum atomic E-state index is 0.444. The SMILES string of the molecule is NNC(CC1CCOc2ccccc21)C1CCCCCC1. The first kappa shape index (κ1) is 14.9. The van der Waals surface area contributed by atoms with Crippen molar-refractivity contribution in [3.05, 3.63) is 29.8 Å². The third kappa shape index (κ3) is 3.58. The number of hydrogen-bond donors (Lipinski definition) is 2. The van der Waals surface area contributed by atoms with Crippen LogP contribution in [-0.4, -0.2) is 12.6 Å². The fourth-order valence-corrected chi connectivity index (χ4v) is 4.08. The van der Waals surface area contributed by atoms with Gasteiger partial charge in [-0.1, -0.05) is 43.9 Å². The highest BCUT2D eigenvalue weighted by molar-refractivity contribution is 5.37. The van der Waals surface area contributed by atoms with Crippen LogP contribution in [0.2, 0.25) is 0 Å². The standard InChI is InChI=1S/C18H28N2O/c19-20-17(14-7-3-1-2-4-8-14)13-15-11-12-21-18-10-6-5-9-16(15)18/h5-6,9-10,14-15,17,20H,1-4,7-8,11-13,19H2. The Labute approximate surface area is 128 Å². The van der Waals surface area contributed by atoms with Gasteiger partial charge in [0.1, 0.15) is 5.75 Å². The minimum absolute atomic E-state index is 0.444. The molecule has 3 nitrogen and oxygen atoms in total. The van der Waals surface area contributed by atoms with Crippen LogP contribution in [-0.2, 0) is 0 Å². The summed E-state index contributed by atoms with van der Waals surface area (Å²) in [6.45, 7) is 0.837. The lowest BCUT2D eigenvalue weighted by Gasteiger charge is -2.32. The molecule has 1 aliphatic carbocycles. The number of nitrogens with two attached hydrogens (primary N) is 1. The summed E-state index contributed by atoms with van der Waals surface area (Å²) in [5, 5.41) is 0. The van der Waals surface area contributed by atoms with Gasteiger partial charge < -0.3 is 4.74 Å². The number of fused-ring (bicyclic) bond motifs is 1. The molecule has 116 valence electrons. The first-order valence-corrected chi connectivity index (χ1v) is 8.56. The second-order valence-electron chi connectivity index (χ2n) is 6.63. The van der Waals surface area contributed by atoms with Crippen LogP contribution in [0.4, 0.5) is 0 Å². The molecule has 1 saturated carbocycles. The Morgan fingerprint density at radius 3 is 2.62 bits per heavy atom. The summed E-state index contributed by atoms with van der Waals surface area (Å²) in [5.41, 5.74) is 4.51. The summed E-state index contributed by atoms with van der Waals surface area (Å²) in [7, 11) is 0. The number of para-hydroxylation sites is 1. The first-order valence-electron chi connectivity index (χ1n) is 8.56. The van der Waals surface area contributed by atoms with Crippen molar-refractivity contribution in [2.24, 2.45) is 11.8 Å². The van der Waals surface area contributed by atoms with Crippen molar-refractivity contribution >= 4 is 0 Å². The van der Waals surface area contributed by atoms with Gasteiger partial charge in [-0.25, -0.2) is 0 Å². The van der Waals surface area contributed by atoms with Crippen LogP contribution < -0.4 is 16.0 Å². The molecule has 1 heterocycles. The lowest BCUT2D eigenvalue weighted by atomic mass is 9.81. The van der Waals surface area contributed by atoms with Gasteiger partial charge in [-0.15, -0.1) is 0 Å². The molecule has 0 amide bonds. The van der Waals surface area contributed by atoms with E-state index in [-0.39, 0.29) is 0 Å². The average molecular weight is 288 g/mol. The summed E-state index contributed by atoms with van der Waals surface area (Å²) in [5.74, 6) is 8.31. The molecule has 21 heavy (non-hydrogen) atoms. The Bertz CT molecular complexity index is 441. The molecular formula is C18H28N2O. The molecule has 0 saturated heterocycles. The molecule has 3 rings (SSSR count). The lowest BCUT2D eigenvalue weighted by molar-refractivity contribution is 0.233. The summed E-state index contributed by atoms with van der Waals surface area (Å²) >= 11 is 0. The van der Waals surface area contributed by atoms with Crippen LogP contribution in [0.1, 0.15) is 62.8 Å². The second kappa shape index (κ2) is 7.28. The van der Waals surface area contributed by atoms with E-state index in [1.807, 2.05) is 0 Å². The molecule has 1 aromatic rings. The molecule has 0 aromatic heterocycles. The zero-order valence-corrected chi connectivity index (χ0v) is 12.9. The predicted molar refractivity (Wildman–Crippen MR) is 86.2 cm³/mol. The maximum Gasteiger partial charge on any atom is 0.122 e. The van der Waals surface area contributed by atoms with Crippen LogP contribution in [0.25, 0.3) is 0 Å². The van der Waals surface area contributed by atoms with Gasteiger partial charge in [0.05, 0.1) is 6.61 Å². The topological polar surface area (TPSA) is 47.3 Å². The van der Waals surface area contributed by atoms with E-state index >= 15 is 0 Å². The van der Waals surface area contributed by atoms with Crippen molar-refractivity contribution in [3.63, 3.8) is 0 Å². The largest absolute Gasteiger partial charge is 0.493 e. The molecular weight excluding hydrogens is 260 g/mol. The van der Waals surface area contributed by atoms with Crippen molar-refractivity contribution < 1.29 is 4.74 Å². The van der Waals surface area contributed by atoms with Crippen LogP contribution in [0.15, 0.2) is 24.3 Å². The smallest absolute Gasteiger partial charge is 0.122 e. The predicted octanol–water partition coefficient (Wildman–Crippen LogP) is 3.75. The van der Waals surface area contributed by atoms with E-state index in [0.717, 1.165) is 31.1 Å².